The highest BCUT2D eigenvalue weighted by Gasteiger charge is 2.13. The van der Waals surface area contributed by atoms with Gasteiger partial charge in [-0.2, -0.15) is 0 Å². The van der Waals surface area contributed by atoms with Gasteiger partial charge in [0.2, 0.25) is 0 Å². The number of benzene rings is 2. The van der Waals surface area contributed by atoms with Gasteiger partial charge in [-0.1, -0.05) is 23.7 Å². The summed E-state index contributed by atoms with van der Waals surface area (Å²) in [5.41, 5.74) is 1.13. The summed E-state index contributed by atoms with van der Waals surface area (Å²) in [6, 6.07) is 14.0. The molecule has 5 nitrogen and oxygen atoms in total. The van der Waals surface area contributed by atoms with E-state index in [1.165, 1.54) is 0 Å². The molecule has 7 heteroatoms. The molecular weight excluding hydrogens is 360 g/mol. The lowest BCUT2D eigenvalue weighted by Crippen LogP contribution is -2.34. The number of para-hydroxylation sites is 1. The number of hydrogen-bond acceptors (Lipinski definition) is 4. The molecule has 2 aromatic rings. The minimum atomic E-state index is -0.349. The summed E-state index contributed by atoms with van der Waals surface area (Å²) in [5, 5.41) is 6.38. The van der Waals surface area contributed by atoms with Crippen molar-refractivity contribution in [3.8, 4) is 5.75 Å². The van der Waals surface area contributed by atoms with Crippen LogP contribution >= 0.6 is 23.8 Å². The summed E-state index contributed by atoms with van der Waals surface area (Å²) >= 11 is 11.0. The molecule has 1 amide bonds. The molecule has 0 fully saturated rings. The molecule has 0 radical (unpaired) electrons. The molecule has 0 aliphatic carbocycles. The van der Waals surface area contributed by atoms with Crippen LogP contribution < -0.4 is 15.4 Å². The Kier molecular flexibility index (Phi) is 7.66. The topological polar surface area (TPSA) is 59.6 Å². The first kappa shape index (κ1) is 19.2. The van der Waals surface area contributed by atoms with E-state index < -0.39 is 0 Å². The predicted octanol–water partition coefficient (Wildman–Crippen LogP) is 3.88. The van der Waals surface area contributed by atoms with E-state index in [1.54, 1.807) is 48.5 Å². The summed E-state index contributed by atoms with van der Waals surface area (Å²) in [7, 11) is 0. The highest BCUT2D eigenvalue weighted by Crippen LogP contribution is 2.18. The Labute approximate surface area is 157 Å². The van der Waals surface area contributed by atoms with Gasteiger partial charge in [-0.15, -0.1) is 0 Å². The fourth-order valence-corrected chi connectivity index (χ4v) is 2.34. The van der Waals surface area contributed by atoms with E-state index in [0.29, 0.717) is 36.2 Å². The molecule has 0 saturated heterocycles. The van der Waals surface area contributed by atoms with Crippen molar-refractivity contribution in [2.75, 3.05) is 25.1 Å². The SMILES string of the molecule is CCOCCOc1ccccc1C(=O)NC(=S)Nc1ccc(Cl)cc1. The number of nitrogens with one attached hydrogen (secondary N) is 2. The van der Waals surface area contributed by atoms with Crippen LogP contribution in [0.4, 0.5) is 5.69 Å². The van der Waals surface area contributed by atoms with E-state index in [9.17, 15) is 4.79 Å². The Balaban J connectivity index is 1.95. The van der Waals surface area contributed by atoms with Gasteiger partial charge in [0.05, 0.1) is 12.2 Å². The van der Waals surface area contributed by atoms with Gasteiger partial charge in [0.25, 0.3) is 5.91 Å². The zero-order valence-electron chi connectivity index (χ0n) is 13.8. The standard InChI is InChI=1S/C18H19ClN2O3S/c1-2-23-11-12-24-16-6-4-3-5-15(16)17(22)21-18(25)20-14-9-7-13(19)8-10-14/h3-10H,2,11-12H2,1H3,(H2,20,21,22,25). The Morgan fingerprint density at radius 2 is 1.84 bits per heavy atom. The highest BCUT2D eigenvalue weighted by atomic mass is 35.5. The fourth-order valence-electron chi connectivity index (χ4n) is 2.00. The number of rotatable bonds is 7. The molecule has 0 heterocycles. The summed E-state index contributed by atoms with van der Waals surface area (Å²) in [6.07, 6.45) is 0. The third-order valence-corrected chi connectivity index (χ3v) is 3.61. The lowest BCUT2D eigenvalue weighted by molar-refractivity contribution is 0.0958. The van der Waals surface area contributed by atoms with Gasteiger partial charge >= 0.3 is 0 Å². The number of thiocarbonyl (C=S) groups is 1. The molecule has 0 aromatic heterocycles. The van der Waals surface area contributed by atoms with Crippen LogP contribution in [0.25, 0.3) is 0 Å². The van der Waals surface area contributed by atoms with Gasteiger partial charge in [-0.05, 0) is 55.5 Å². The Bertz CT molecular complexity index is 723. The maximum absolute atomic E-state index is 12.4. The molecule has 132 valence electrons. The molecule has 0 unspecified atom stereocenters. The van der Waals surface area contributed by atoms with E-state index >= 15 is 0 Å². The third-order valence-electron chi connectivity index (χ3n) is 3.15. The second-order valence-corrected chi connectivity index (χ2v) is 5.80. The molecule has 2 aromatic carbocycles. The molecule has 0 aliphatic rings. The summed E-state index contributed by atoms with van der Waals surface area (Å²) in [5.74, 6) is 0.132. The van der Waals surface area contributed by atoms with E-state index in [2.05, 4.69) is 10.6 Å². The Morgan fingerprint density at radius 1 is 1.12 bits per heavy atom. The number of halogens is 1. The molecule has 2 rings (SSSR count). The van der Waals surface area contributed by atoms with Crippen molar-refractivity contribution in [1.29, 1.82) is 0 Å². The first-order valence-electron chi connectivity index (χ1n) is 7.77. The molecule has 0 atom stereocenters. The lowest BCUT2D eigenvalue weighted by atomic mass is 10.2. The van der Waals surface area contributed by atoms with Gasteiger partial charge in [-0.3, -0.25) is 10.1 Å². The molecule has 25 heavy (non-hydrogen) atoms. The minimum Gasteiger partial charge on any atom is -0.490 e. The first-order valence-corrected chi connectivity index (χ1v) is 8.56. The molecular formula is C18H19ClN2O3S. The average Bonchev–Trinajstić information content (AvgIpc) is 2.61. The van der Waals surface area contributed by atoms with Gasteiger partial charge in [-0.25, -0.2) is 0 Å². The van der Waals surface area contributed by atoms with Crippen LogP contribution in [-0.4, -0.2) is 30.8 Å². The Hall–Kier alpha value is -2.15. The van der Waals surface area contributed by atoms with E-state index in [4.69, 9.17) is 33.3 Å². The Morgan fingerprint density at radius 3 is 2.56 bits per heavy atom. The predicted molar refractivity (Wildman–Crippen MR) is 104 cm³/mol. The van der Waals surface area contributed by atoms with Crippen molar-refractivity contribution in [3.05, 3.63) is 59.1 Å². The molecule has 2 N–H and O–H groups in total. The third kappa shape index (κ3) is 6.34. The fraction of sp³-hybridized carbons (Fsp3) is 0.222. The van der Waals surface area contributed by atoms with Crippen LogP contribution in [0.3, 0.4) is 0 Å². The first-order chi connectivity index (χ1) is 12.1. The number of amides is 1. The molecule has 0 spiro atoms. The van der Waals surface area contributed by atoms with Crippen LogP contribution in [0.2, 0.25) is 5.02 Å². The van der Waals surface area contributed by atoms with Crippen LogP contribution in [0, 0.1) is 0 Å². The number of hydrogen-bond donors (Lipinski definition) is 2. The van der Waals surface area contributed by atoms with E-state index in [-0.39, 0.29) is 11.0 Å². The summed E-state index contributed by atoms with van der Waals surface area (Å²) in [6.45, 7) is 3.36. The van der Waals surface area contributed by atoms with Crippen molar-refractivity contribution in [1.82, 2.24) is 5.32 Å². The monoisotopic (exact) mass is 378 g/mol. The zero-order chi connectivity index (χ0) is 18.1. The van der Waals surface area contributed by atoms with E-state index in [1.807, 2.05) is 6.92 Å². The quantitative estimate of drug-likeness (QED) is 0.565. The van der Waals surface area contributed by atoms with Crippen molar-refractivity contribution in [2.24, 2.45) is 0 Å². The van der Waals surface area contributed by atoms with Gasteiger partial charge < -0.3 is 14.8 Å². The second-order valence-electron chi connectivity index (χ2n) is 4.96. The average molecular weight is 379 g/mol. The van der Waals surface area contributed by atoms with Gasteiger partial charge in [0, 0.05) is 17.3 Å². The van der Waals surface area contributed by atoms with Gasteiger partial charge in [0.1, 0.15) is 12.4 Å². The summed E-state index contributed by atoms with van der Waals surface area (Å²) < 4.78 is 10.8. The highest BCUT2D eigenvalue weighted by molar-refractivity contribution is 7.80. The van der Waals surface area contributed by atoms with Crippen LogP contribution in [0.15, 0.2) is 48.5 Å². The van der Waals surface area contributed by atoms with Crippen LogP contribution in [0.1, 0.15) is 17.3 Å². The molecule has 0 saturated carbocycles. The van der Waals surface area contributed by atoms with Crippen LogP contribution in [-0.2, 0) is 4.74 Å². The molecule has 0 bridgehead atoms. The van der Waals surface area contributed by atoms with Crippen molar-refractivity contribution in [2.45, 2.75) is 6.92 Å². The van der Waals surface area contributed by atoms with Crippen LogP contribution in [0.5, 0.6) is 5.75 Å². The maximum Gasteiger partial charge on any atom is 0.261 e. The van der Waals surface area contributed by atoms with Gasteiger partial charge in [0.15, 0.2) is 5.11 Å². The van der Waals surface area contributed by atoms with Crippen molar-refractivity contribution >= 4 is 40.5 Å². The maximum atomic E-state index is 12.4. The zero-order valence-corrected chi connectivity index (χ0v) is 15.3. The van der Waals surface area contributed by atoms with Crippen molar-refractivity contribution in [3.63, 3.8) is 0 Å². The van der Waals surface area contributed by atoms with Crippen molar-refractivity contribution < 1.29 is 14.3 Å². The minimum absolute atomic E-state index is 0.191. The largest absolute Gasteiger partial charge is 0.490 e. The second kappa shape index (κ2) is 9.98. The lowest BCUT2D eigenvalue weighted by Gasteiger charge is -2.13. The van der Waals surface area contributed by atoms with E-state index in [0.717, 1.165) is 5.69 Å². The summed E-state index contributed by atoms with van der Waals surface area (Å²) in [4.78, 5) is 12.4. The number of carbonyl (C=O) groups is 1. The molecule has 0 aliphatic heterocycles. The normalized spacial score (nSPS) is 10.2. The number of carbonyl (C=O) groups excluding carboxylic acids is 1. The number of anilines is 1. The smallest absolute Gasteiger partial charge is 0.261 e. The number of ether oxygens (including phenoxy) is 2.